The summed E-state index contributed by atoms with van der Waals surface area (Å²) in [5.41, 5.74) is 8.05. The highest BCUT2D eigenvalue weighted by atomic mass is 35.5. The highest BCUT2D eigenvalue weighted by molar-refractivity contribution is 7.98. The van der Waals surface area contributed by atoms with Crippen LogP contribution in [-0.2, 0) is 18.8 Å². The molecule has 7 heteroatoms. The second-order valence-electron chi connectivity index (χ2n) is 8.48. The first-order valence-corrected chi connectivity index (χ1v) is 12.4. The SMILES string of the molecule is Cc1ccc(C)c(CSc2nc(-c3ccc(Cl)cc3)nc3c2Cc2c(CO)cnc(C)c2O3)c1. The normalized spacial score (nSPS) is 12.1. The van der Waals surface area contributed by atoms with E-state index in [1.165, 1.54) is 16.7 Å². The number of nitrogens with zero attached hydrogens (tertiary/aromatic N) is 3. The van der Waals surface area contributed by atoms with Gasteiger partial charge in [-0.1, -0.05) is 35.4 Å². The average molecular weight is 490 g/mol. The topological polar surface area (TPSA) is 68.1 Å². The molecule has 0 radical (unpaired) electrons. The van der Waals surface area contributed by atoms with Crippen molar-refractivity contribution in [2.24, 2.45) is 0 Å². The van der Waals surface area contributed by atoms with Crippen molar-refractivity contribution in [3.63, 3.8) is 0 Å². The molecule has 1 N–H and O–H groups in total. The number of ether oxygens (including phenoxy) is 1. The number of rotatable bonds is 5. The van der Waals surface area contributed by atoms with Crippen LogP contribution in [0.4, 0.5) is 0 Å². The first kappa shape index (κ1) is 22.8. The summed E-state index contributed by atoms with van der Waals surface area (Å²) in [5.74, 6) is 2.58. The Labute approximate surface area is 208 Å². The van der Waals surface area contributed by atoms with Gasteiger partial charge in [0.1, 0.15) is 5.03 Å². The van der Waals surface area contributed by atoms with Gasteiger partial charge in [0.25, 0.3) is 0 Å². The number of aromatic nitrogens is 3. The minimum Gasteiger partial charge on any atom is -0.436 e. The molecule has 0 fully saturated rings. The third kappa shape index (κ3) is 4.41. The highest BCUT2D eigenvalue weighted by Gasteiger charge is 2.27. The molecule has 172 valence electrons. The molecule has 0 aliphatic carbocycles. The zero-order chi connectivity index (χ0) is 23.8. The van der Waals surface area contributed by atoms with E-state index in [9.17, 15) is 5.11 Å². The third-order valence-corrected chi connectivity index (χ3v) is 7.35. The molecule has 4 aromatic rings. The predicted molar refractivity (Wildman–Crippen MR) is 136 cm³/mol. The lowest BCUT2D eigenvalue weighted by atomic mass is 9.99. The van der Waals surface area contributed by atoms with Gasteiger partial charge in [-0.05, 0) is 56.2 Å². The van der Waals surface area contributed by atoms with Gasteiger partial charge in [-0.15, -0.1) is 11.8 Å². The van der Waals surface area contributed by atoms with Crippen molar-refractivity contribution in [1.82, 2.24) is 15.0 Å². The molecule has 0 bridgehead atoms. The van der Waals surface area contributed by atoms with Crippen LogP contribution in [0.3, 0.4) is 0 Å². The van der Waals surface area contributed by atoms with Crippen LogP contribution < -0.4 is 4.74 Å². The van der Waals surface area contributed by atoms with E-state index in [0.29, 0.717) is 28.9 Å². The fourth-order valence-corrected chi connectivity index (χ4v) is 5.26. The lowest BCUT2D eigenvalue weighted by Gasteiger charge is -2.24. The molecule has 3 heterocycles. The minimum atomic E-state index is -0.0943. The first-order valence-electron chi connectivity index (χ1n) is 11.0. The van der Waals surface area contributed by atoms with Gasteiger partial charge in [-0.2, -0.15) is 4.98 Å². The molecule has 0 unspecified atom stereocenters. The van der Waals surface area contributed by atoms with Crippen LogP contribution in [-0.4, -0.2) is 20.1 Å². The van der Waals surface area contributed by atoms with Gasteiger partial charge < -0.3 is 9.84 Å². The Bertz CT molecular complexity index is 1390. The summed E-state index contributed by atoms with van der Waals surface area (Å²) in [6, 6.07) is 14.0. The summed E-state index contributed by atoms with van der Waals surface area (Å²) in [6.45, 7) is 6.05. The molecular weight excluding hydrogens is 466 g/mol. The van der Waals surface area contributed by atoms with Gasteiger partial charge in [0.2, 0.25) is 5.88 Å². The van der Waals surface area contributed by atoms with Gasteiger partial charge in [-0.3, -0.25) is 4.98 Å². The van der Waals surface area contributed by atoms with Crippen molar-refractivity contribution in [2.45, 2.75) is 44.6 Å². The van der Waals surface area contributed by atoms with Crippen molar-refractivity contribution in [3.05, 3.63) is 92.8 Å². The molecule has 1 aliphatic rings. The number of benzene rings is 2. The van der Waals surface area contributed by atoms with E-state index in [1.54, 1.807) is 18.0 Å². The highest BCUT2D eigenvalue weighted by Crippen LogP contribution is 2.43. The second kappa shape index (κ2) is 9.37. The van der Waals surface area contributed by atoms with Crippen molar-refractivity contribution >= 4 is 23.4 Å². The summed E-state index contributed by atoms with van der Waals surface area (Å²) in [4.78, 5) is 14.1. The summed E-state index contributed by atoms with van der Waals surface area (Å²) in [7, 11) is 0. The maximum atomic E-state index is 9.88. The Hall–Kier alpha value is -2.93. The third-order valence-electron chi connectivity index (χ3n) is 6.03. The summed E-state index contributed by atoms with van der Waals surface area (Å²) in [5, 5.41) is 11.4. The maximum absolute atomic E-state index is 9.88. The zero-order valence-corrected chi connectivity index (χ0v) is 20.8. The van der Waals surface area contributed by atoms with Crippen LogP contribution in [0.2, 0.25) is 5.02 Å². The fourth-order valence-electron chi connectivity index (χ4n) is 4.04. The van der Waals surface area contributed by atoms with Crippen LogP contribution >= 0.6 is 23.4 Å². The number of aliphatic hydroxyl groups excluding tert-OH is 1. The van der Waals surface area contributed by atoms with E-state index in [2.05, 4.69) is 37.0 Å². The lowest BCUT2D eigenvalue weighted by Crippen LogP contribution is -2.13. The van der Waals surface area contributed by atoms with Crippen LogP contribution in [0.25, 0.3) is 11.4 Å². The molecule has 2 aromatic heterocycles. The molecule has 0 atom stereocenters. The van der Waals surface area contributed by atoms with Crippen LogP contribution in [0, 0.1) is 20.8 Å². The summed E-state index contributed by atoms with van der Waals surface area (Å²) < 4.78 is 6.31. The second-order valence-corrected chi connectivity index (χ2v) is 9.88. The van der Waals surface area contributed by atoms with Crippen LogP contribution in [0.15, 0.2) is 53.7 Å². The van der Waals surface area contributed by atoms with Crippen molar-refractivity contribution in [1.29, 1.82) is 0 Å². The molecule has 2 aromatic carbocycles. The van der Waals surface area contributed by atoms with Gasteiger partial charge in [-0.25, -0.2) is 4.98 Å². The quantitative estimate of drug-likeness (QED) is 0.221. The predicted octanol–water partition coefficient (Wildman–Crippen LogP) is 6.60. The van der Waals surface area contributed by atoms with Crippen LogP contribution in [0.1, 0.15) is 39.1 Å². The number of thioether (sulfide) groups is 1. The summed E-state index contributed by atoms with van der Waals surface area (Å²) in [6.07, 6.45) is 2.30. The van der Waals surface area contributed by atoms with Crippen molar-refractivity contribution in [3.8, 4) is 23.0 Å². The number of pyridine rings is 1. The maximum Gasteiger partial charge on any atom is 0.227 e. The first-order chi connectivity index (χ1) is 16.4. The number of halogens is 1. The molecule has 0 spiro atoms. The van der Waals surface area contributed by atoms with Gasteiger partial charge in [0.15, 0.2) is 11.6 Å². The molecule has 5 rings (SSSR count). The Morgan fingerprint density at radius 3 is 2.56 bits per heavy atom. The number of aryl methyl sites for hydroxylation is 3. The standard InChI is InChI=1S/C27H24ClN3O2S/c1-15-4-5-16(2)19(10-15)14-34-27-23-11-22-20(13-32)12-29-17(3)24(22)33-26(23)30-25(31-27)18-6-8-21(28)9-7-18/h4-10,12,32H,11,13-14H2,1-3H3. The molecule has 5 nitrogen and oxygen atoms in total. The van der Waals surface area contributed by atoms with E-state index in [4.69, 9.17) is 26.3 Å². The zero-order valence-electron chi connectivity index (χ0n) is 19.2. The Kier molecular flexibility index (Phi) is 6.30. The molecule has 0 saturated carbocycles. The van der Waals surface area contributed by atoms with E-state index in [0.717, 1.165) is 38.7 Å². The molecular formula is C27H24ClN3O2S. The smallest absolute Gasteiger partial charge is 0.227 e. The lowest BCUT2D eigenvalue weighted by molar-refractivity contribution is 0.278. The Balaban J connectivity index is 1.60. The van der Waals surface area contributed by atoms with E-state index >= 15 is 0 Å². The van der Waals surface area contributed by atoms with Crippen LogP contribution in [0.5, 0.6) is 11.6 Å². The number of aliphatic hydroxyl groups is 1. The van der Waals surface area contributed by atoms with Gasteiger partial charge in [0, 0.05) is 40.1 Å². The molecule has 1 aliphatic heterocycles. The number of fused-ring (bicyclic) bond motifs is 2. The fraction of sp³-hybridized carbons (Fsp3) is 0.222. The molecule has 0 saturated heterocycles. The van der Waals surface area contributed by atoms with Crippen molar-refractivity contribution in [2.75, 3.05) is 0 Å². The molecule has 0 amide bonds. The van der Waals surface area contributed by atoms with Crippen molar-refractivity contribution < 1.29 is 9.84 Å². The van der Waals surface area contributed by atoms with E-state index < -0.39 is 0 Å². The Morgan fingerprint density at radius 1 is 1.00 bits per heavy atom. The minimum absolute atomic E-state index is 0.0943. The molecule has 34 heavy (non-hydrogen) atoms. The summed E-state index contributed by atoms with van der Waals surface area (Å²) >= 11 is 7.78. The monoisotopic (exact) mass is 489 g/mol. The van der Waals surface area contributed by atoms with E-state index in [1.807, 2.05) is 31.2 Å². The van der Waals surface area contributed by atoms with Gasteiger partial charge >= 0.3 is 0 Å². The number of hydrogen-bond acceptors (Lipinski definition) is 6. The van der Waals surface area contributed by atoms with Gasteiger partial charge in [0.05, 0.1) is 17.9 Å². The largest absolute Gasteiger partial charge is 0.436 e. The average Bonchev–Trinajstić information content (AvgIpc) is 2.84. The van der Waals surface area contributed by atoms with E-state index in [-0.39, 0.29) is 6.61 Å². The number of hydrogen-bond donors (Lipinski definition) is 1. The Morgan fingerprint density at radius 2 is 1.79 bits per heavy atom.